The lowest BCUT2D eigenvalue weighted by atomic mass is 9.73. The molecule has 1 amide bonds. The van der Waals surface area contributed by atoms with Crippen LogP contribution in [0.2, 0.25) is 0 Å². The van der Waals surface area contributed by atoms with Crippen LogP contribution in [0, 0.1) is 11.3 Å². The van der Waals surface area contributed by atoms with Gasteiger partial charge < -0.3 is 16.0 Å². The predicted octanol–water partition coefficient (Wildman–Crippen LogP) is 1.60. The lowest BCUT2D eigenvalue weighted by Crippen LogP contribution is -2.51. The van der Waals surface area contributed by atoms with Crippen LogP contribution >= 0.6 is 0 Å². The maximum absolute atomic E-state index is 12.5. The third kappa shape index (κ3) is 4.18. The van der Waals surface area contributed by atoms with E-state index in [0.29, 0.717) is 25.0 Å². The maximum Gasteiger partial charge on any atom is 0.227 e. The van der Waals surface area contributed by atoms with Gasteiger partial charge in [-0.25, -0.2) is 0 Å². The van der Waals surface area contributed by atoms with Gasteiger partial charge in [-0.05, 0) is 32.9 Å². The molecule has 1 fully saturated rings. The van der Waals surface area contributed by atoms with Crippen LogP contribution in [0.3, 0.4) is 0 Å². The van der Waals surface area contributed by atoms with E-state index in [1.54, 1.807) is 0 Å². The summed E-state index contributed by atoms with van der Waals surface area (Å²) in [6.07, 6.45) is 5.40. The molecule has 0 radical (unpaired) electrons. The summed E-state index contributed by atoms with van der Waals surface area (Å²) in [6, 6.07) is 0.377. The van der Waals surface area contributed by atoms with Crippen LogP contribution < -0.4 is 11.1 Å². The first-order valence-corrected chi connectivity index (χ1v) is 7.58. The van der Waals surface area contributed by atoms with Gasteiger partial charge >= 0.3 is 0 Å². The first-order chi connectivity index (χ1) is 8.93. The van der Waals surface area contributed by atoms with E-state index in [4.69, 9.17) is 5.73 Å². The van der Waals surface area contributed by atoms with E-state index < -0.39 is 0 Å². The maximum atomic E-state index is 12.5. The fourth-order valence-corrected chi connectivity index (χ4v) is 3.15. The van der Waals surface area contributed by atoms with Crippen molar-refractivity contribution < 1.29 is 4.79 Å². The fraction of sp³-hybridized carbons (Fsp3) is 0.933. The van der Waals surface area contributed by atoms with Crippen molar-refractivity contribution in [3.8, 4) is 0 Å². The molecule has 1 atom stereocenters. The van der Waals surface area contributed by atoms with Gasteiger partial charge in [0.1, 0.15) is 0 Å². The lowest BCUT2D eigenvalue weighted by Gasteiger charge is -2.36. The van der Waals surface area contributed by atoms with Crippen molar-refractivity contribution in [3.63, 3.8) is 0 Å². The predicted molar refractivity (Wildman–Crippen MR) is 79.9 cm³/mol. The van der Waals surface area contributed by atoms with E-state index in [-0.39, 0.29) is 11.3 Å². The SMILES string of the molecule is CC(C)C(CNC(=O)C1(CN)CCCCC1)N(C)C. The number of rotatable bonds is 6. The van der Waals surface area contributed by atoms with Gasteiger partial charge in [-0.3, -0.25) is 4.79 Å². The third-order valence-electron chi connectivity index (χ3n) is 4.59. The summed E-state index contributed by atoms with van der Waals surface area (Å²) in [4.78, 5) is 14.7. The van der Waals surface area contributed by atoms with Crippen LogP contribution in [0.25, 0.3) is 0 Å². The molecule has 0 aromatic heterocycles. The molecule has 112 valence electrons. The Morgan fingerprint density at radius 2 is 1.84 bits per heavy atom. The first-order valence-electron chi connectivity index (χ1n) is 7.58. The lowest BCUT2D eigenvalue weighted by molar-refractivity contribution is -0.132. The normalized spacial score (nSPS) is 20.6. The number of amides is 1. The molecule has 0 aromatic rings. The van der Waals surface area contributed by atoms with Crippen LogP contribution in [0.15, 0.2) is 0 Å². The molecule has 1 rings (SSSR count). The molecule has 4 nitrogen and oxygen atoms in total. The number of nitrogens with zero attached hydrogens (tertiary/aromatic N) is 1. The number of hydrogen-bond donors (Lipinski definition) is 2. The van der Waals surface area contributed by atoms with Crippen molar-refractivity contribution in [2.45, 2.75) is 52.0 Å². The van der Waals surface area contributed by atoms with Crippen LogP contribution in [0.1, 0.15) is 46.0 Å². The molecule has 1 saturated carbocycles. The molecule has 0 spiro atoms. The van der Waals surface area contributed by atoms with Gasteiger partial charge in [-0.15, -0.1) is 0 Å². The number of hydrogen-bond acceptors (Lipinski definition) is 3. The standard InChI is InChI=1S/C15H31N3O/c1-12(2)13(18(3)4)10-17-14(19)15(11-16)8-6-5-7-9-15/h12-13H,5-11,16H2,1-4H3,(H,17,19). The van der Waals surface area contributed by atoms with Crippen molar-refractivity contribution >= 4 is 5.91 Å². The van der Waals surface area contributed by atoms with E-state index in [1.807, 2.05) is 0 Å². The Balaban J connectivity index is 2.57. The molecule has 3 N–H and O–H groups in total. The zero-order valence-corrected chi connectivity index (χ0v) is 13.0. The Morgan fingerprint density at radius 1 is 1.26 bits per heavy atom. The van der Waals surface area contributed by atoms with Gasteiger partial charge in [0.2, 0.25) is 5.91 Å². The number of likely N-dealkylation sites (N-methyl/N-ethyl adjacent to an activating group) is 1. The van der Waals surface area contributed by atoms with Gasteiger partial charge in [-0.2, -0.15) is 0 Å². The third-order valence-corrected chi connectivity index (χ3v) is 4.59. The summed E-state index contributed by atoms with van der Waals surface area (Å²) in [7, 11) is 4.13. The molecule has 1 aliphatic carbocycles. The largest absolute Gasteiger partial charge is 0.354 e. The van der Waals surface area contributed by atoms with Gasteiger partial charge in [0.15, 0.2) is 0 Å². The number of nitrogens with two attached hydrogens (primary N) is 1. The monoisotopic (exact) mass is 269 g/mol. The highest BCUT2D eigenvalue weighted by Crippen LogP contribution is 2.35. The van der Waals surface area contributed by atoms with Crippen molar-refractivity contribution in [1.29, 1.82) is 0 Å². The molecule has 1 aliphatic rings. The van der Waals surface area contributed by atoms with Crippen molar-refractivity contribution in [2.75, 3.05) is 27.2 Å². The van der Waals surface area contributed by atoms with Crippen molar-refractivity contribution in [2.24, 2.45) is 17.1 Å². The van der Waals surface area contributed by atoms with Crippen LogP contribution in [-0.4, -0.2) is 44.0 Å². The average molecular weight is 269 g/mol. The second-order valence-corrected chi connectivity index (χ2v) is 6.53. The van der Waals surface area contributed by atoms with E-state index in [0.717, 1.165) is 25.7 Å². The minimum Gasteiger partial charge on any atom is -0.354 e. The Hall–Kier alpha value is -0.610. The van der Waals surface area contributed by atoms with E-state index in [1.165, 1.54) is 6.42 Å². The summed E-state index contributed by atoms with van der Waals surface area (Å²) >= 11 is 0. The molecule has 1 unspecified atom stereocenters. The quantitative estimate of drug-likeness (QED) is 0.770. The van der Waals surface area contributed by atoms with Gasteiger partial charge in [-0.1, -0.05) is 33.1 Å². The molecule has 19 heavy (non-hydrogen) atoms. The topological polar surface area (TPSA) is 58.4 Å². The fourth-order valence-electron chi connectivity index (χ4n) is 3.15. The van der Waals surface area contributed by atoms with Crippen molar-refractivity contribution in [3.05, 3.63) is 0 Å². The van der Waals surface area contributed by atoms with Gasteiger partial charge in [0.25, 0.3) is 0 Å². The Kier molecular flexibility index (Phi) is 6.27. The number of carbonyl (C=O) groups excluding carboxylic acids is 1. The van der Waals surface area contributed by atoms with Gasteiger partial charge in [0.05, 0.1) is 5.41 Å². The summed E-state index contributed by atoms with van der Waals surface area (Å²) in [5.41, 5.74) is 5.59. The molecule has 0 saturated heterocycles. The molecular weight excluding hydrogens is 238 g/mol. The Morgan fingerprint density at radius 3 is 2.26 bits per heavy atom. The van der Waals surface area contributed by atoms with E-state index in [2.05, 4.69) is 38.2 Å². The van der Waals surface area contributed by atoms with Crippen molar-refractivity contribution in [1.82, 2.24) is 10.2 Å². The summed E-state index contributed by atoms with van der Waals surface area (Å²) in [5, 5.41) is 3.15. The molecule has 0 bridgehead atoms. The zero-order chi connectivity index (χ0) is 14.5. The number of carbonyl (C=O) groups is 1. The summed E-state index contributed by atoms with van der Waals surface area (Å²) in [5.74, 6) is 0.692. The molecule has 0 heterocycles. The Labute approximate surface area is 118 Å². The van der Waals surface area contributed by atoms with Crippen LogP contribution in [-0.2, 0) is 4.79 Å². The summed E-state index contributed by atoms with van der Waals surface area (Å²) in [6.45, 7) is 5.57. The highest BCUT2D eigenvalue weighted by atomic mass is 16.2. The molecular formula is C15H31N3O. The second-order valence-electron chi connectivity index (χ2n) is 6.53. The molecule has 0 aromatic carbocycles. The number of nitrogens with one attached hydrogen (secondary N) is 1. The highest BCUT2D eigenvalue weighted by Gasteiger charge is 2.38. The summed E-state index contributed by atoms with van der Waals surface area (Å²) < 4.78 is 0. The second kappa shape index (κ2) is 7.25. The minimum atomic E-state index is -0.300. The first kappa shape index (κ1) is 16.4. The Bertz CT molecular complexity index is 275. The van der Waals surface area contributed by atoms with E-state index in [9.17, 15) is 4.79 Å². The highest BCUT2D eigenvalue weighted by molar-refractivity contribution is 5.83. The zero-order valence-electron chi connectivity index (χ0n) is 13.0. The van der Waals surface area contributed by atoms with Crippen LogP contribution in [0.4, 0.5) is 0 Å². The smallest absolute Gasteiger partial charge is 0.227 e. The average Bonchev–Trinajstić information content (AvgIpc) is 2.38. The van der Waals surface area contributed by atoms with E-state index >= 15 is 0 Å². The van der Waals surface area contributed by atoms with Gasteiger partial charge in [0, 0.05) is 19.1 Å². The minimum absolute atomic E-state index is 0.169. The molecule has 0 aliphatic heterocycles. The van der Waals surface area contributed by atoms with Crippen LogP contribution in [0.5, 0.6) is 0 Å². The molecule has 4 heteroatoms.